The van der Waals surface area contributed by atoms with Gasteiger partial charge in [-0.1, -0.05) is 12.8 Å². The van der Waals surface area contributed by atoms with E-state index in [0.29, 0.717) is 5.69 Å². The second-order valence-corrected chi connectivity index (χ2v) is 10.2. The first kappa shape index (κ1) is 24.7. The zero-order chi connectivity index (χ0) is 23.8. The third-order valence-electron chi connectivity index (χ3n) is 5.35. The summed E-state index contributed by atoms with van der Waals surface area (Å²) >= 11 is 0. The molecule has 0 bridgehead atoms. The van der Waals surface area contributed by atoms with Gasteiger partial charge in [0.05, 0.1) is 11.4 Å². The van der Waals surface area contributed by atoms with Crippen molar-refractivity contribution in [3.63, 3.8) is 0 Å². The van der Waals surface area contributed by atoms with E-state index in [1.54, 1.807) is 13.8 Å². The van der Waals surface area contributed by atoms with Gasteiger partial charge in [0.1, 0.15) is 0 Å². The molecule has 0 aromatic heterocycles. The Morgan fingerprint density at radius 1 is 0.909 bits per heavy atom. The van der Waals surface area contributed by atoms with Gasteiger partial charge in [0.25, 0.3) is 5.91 Å². The molecule has 0 saturated carbocycles. The highest BCUT2D eigenvalue weighted by atomic mass is 32.2. The normalized spacial score (nSPS) is 14.6. The van der Waals surface area contributed by atoms with Crippen LogP contribution in [0.1, 0.15) is 49.9 Å². The van der Waals surface area contributed by atoms with Crippen molar-refractivity contribution in [1.82, 2.24) is 10.0 Å². The highest BCUT2D eigenvalue weighted by Crippen LogP contribution is 2.21. The third-order valence-corrected chi connectivity index (χ3v) is 7.02. The zero-order valence-electron chi connectivity index (χ0n) is 19.1. The van der Waals surface area contributed by atoms with Crippen LogP contribution in [0.4, 0.5) is 11.4 Å². The standard InChI is InChI=1S/C24H32N4O4S/c1-18(2)27-33(31,32)22-13-7-19(8-14-22)24(30)25-17-23(29)26-20-9-11-21(12-10-20)28-15-5-3-4-6-16-28/h7-14,18,27H,3-6,15-17H2,1-2H3,(H,25,30)(H,26,29). The minimum atomic E-state index is -3.62. The predicted molar refractivity (Wildman–Crippen MR) is 130 cm³/mol. The van der Waals surface area contributed by atoms with E-state index in [1.807, 2.05) is 24.3 Å². The number of hydrogen-bond donors (Lipinski definition) is 3. The molecule has 1 aliphatic rings. The van der Waals surface area contributed by atoms with Crippen LogP contribution < -0.4 is 20.3 Å². The molecule has 9 heteroatoms. The minimum absolute atomic E-state index is 0.0779. The van der Waals surface area contributed by atoms with Crippen molar-refractivity contribution in [2.45, 2.75) is 50.5 Å². The van der Waals surface area contributed by atoms with E-state index >= 15 is 0 Å². The summed E-state index contributed by atoms with van der Waals surface area (Å²) in [6, 6.07) is 13.1. The fourth-order valence-corrected chi connectivity index (χ4v) is 4.97. The lowest BCUT2D eigenvalue weighted by molar-refractivity contribution is -0.115. The molecule has 0 aliphatic carbocycles. The topological polar surface area (TPSA) is 108 Å². The van der Waals surface area contributed by atoms with Crippen LogP contribution in [0.25, 0.3) is 0 Å². The van der Waals surface area contributed by atoms with Gasteiger partial charge in [-0.2, -0.15) is 0 Å². The van der Waals surface area contributed by atoms with Crippen LogP contribution in [0.15, 0.2) is 53.4 Å². The maximum absolute atomic E-state index is 12.3. The number of hydrogen-bond acceptors (Lipinski definition) is 5. The highest BCUT2D eigenvalue weighted by molar-refractivity contribution is 7.89. The van der Waals surface area contributed by atoms with E-state index in [9.17, 15) is 18.0 Å². The molecule has 33 heavy (non-hydrogen) atoms. The van der Waals surface area contributed by atoms with Crippen molar-refractivity contribution in [2.24, 2.45) is 0 Å². The van der Waals surface area contributed by atoms with Gasteiger partial charge >= 0.3 is 0 Å². The molecule has 2 aromatic rings. The maximum atomic E-state index is 12.3. The molecule has 0 radical (unpaired) electrons. The molecule has 0 unspecified atom stereocenters. The van der Waals surface area contributed by atoms with Gasteiger partial charge in [-0.25, -0.2) is 13.1 Å². The maximum Gasteiger partial charge on any atom is 0.251 e. The first-order valence-electron chi connectivity index (χ1n) is 11.3. The number of amides is 2. The first-order chi connectivity index (χ1) is 15.7. The molecule has 1 heterocycles. The average molecular weight is 473 g/mol. The van der Waals surface area contributed by atoms with E-state index < -0.39 is 15.9 Å². The first-order valence-corrected chi connectivity index (χ1v) is 12.8. The van der Waals surface area contributed by atoms with Gasteiger partial charge < -0.3 is 15.5 Å². The molecule has 3 N–H and O–H groups in total. The molecule has 1 fully saturated rings. The zero-order valence-corrected chi connectivity index (χ0v) is 20.0. The molecular weight excluding hydrogens is 440 g/mol. The van der Waals surface area contributed by atoms with Crippen LogP contribution in [0, 0.1) is 0 Å². The van der Waals surface area contributed by atoms with E-state index in [2.05, 4.69) is 20.3 Å². The van der Waals surface area contributed by atoms with Gasteiger partial charge in [-0.05, 0) is 75.2 Å². The fraction of sp³-hybridized carbons (Fsp3) is 0.417. The van der Waals surface area contributed by atoms with Gasteiger partial charge in [-0.15, -0.1) is 0 Å². The number of nitrogens with one attached hydrogen (secondary N) is 3. The van der Waals surface area contributed by atoms with Crippen molar-refractivity contribution >= 4 is 33.2 Å². The highest BCUT2D eigenvalue weighted by Gasteiger charge is 2.16. The lowest BCUT2D eigenvalue weighted by atomic mass is 10.2. The van der Waals surface area contributed by atoms with E-state index in [-0.39, 0.29) is 29.0 Å². The number of anilines is 2. The predicted octanol–water partition coefficient (Wildman–Crippen LogP) is 3.12. The fourth-order valence-electron chi connectivity index (χ4n) is 3.72. The quantitative estimate of drug-likeness (QED) is 0.547. The number of rotatable bonds is 8. The second-order valence-electron chi connectivity index (χ2n) is 8.48. The Balaban J connectivity index is 1.49. The smallest absolute Gasteiger partial charge is 0.251 e. The SMILES string of the molecule is CC(C)NS(=O)(=O)c1ccc(C(=O)NCC(=O)Nc2ccc(N3CCCCCC3)cc2)cc1. The van der Waals surface area contributed by atoms with Gasteiger partial charge in [0.2, 0.25) is 15.9 Å². The van der Waals surface area contributed by atoms with Gasteiger partial charge in [-0.3, -0.25) is 9.59 Å². The van der Waals surface area contributed by atoms with Gasteiger partial charge in [0, 0.05) is 36.1 Å². The molecule has 1 aliphatic heterocycles. The Morgan fingerprint density at radius 3 is 2.09 bits per heavy atom. The molecule has 0 atom stereocenters. The number of sulfonamides is 1. The molecular formula is C24H32N4O4S. The molecule has 2 amide bonds. The minimum Gasteiger partial charge on any atom is -0.372 e. The van der Waals surface area contributed by atoms with Crippen LogP contribution in [-0.2, 0) is 14.8 Å². The summed E-state index contributed by atoms with van der Waals surface area (Å²) in [5.74, 6) is -0.798. The summed E-state index contributed by atoms with van der Waals surface area (Å²) in [7, 11) is -3.62. The Morgan fingerprint density at radius 2 is 1.52 bits per heavy atom. The summed E-state index contributed by atoms with van der Waals surface area (Å²) in [4.78, 5) is 27.0. The van der Waals surface area contributed by atoms with Crippen molar-refractivity contribution < 1.29 is 18.0 Å². The summed E-state index contributed by atoms with van der Waals surface area (Å²) < 4.78 is 26.8. The van der Waals surface area contributed by atoms with Crippen LogP contribution in [-0.4, -0.2) is 45.9 Å². The molecule has 178 valence electrons. The average Bonchev–Trinajstić information content (AvgIpc) is 3.07. The molecule has 8 nitrogen and oxygen atoms in total. The summed E-state index contributed by atoms with van der Waals surface area (Å²) in [6.07, 6.45) is 4.95. The number of carbonyl (C=O) groups excluding carboxylic acids is 2. The molecule has 2 aromatic carbocycles. The Labute approximate surface area is 195 Å². The van der Waals surface area contributed by atoms with E-state index in [1.165, 1.54) is 49.9 Å². The monoisotopic (exact) mass is 472 g/mol. The largest absolute Gasteiger partial charge is 0.372 e. The van der Waals surface area contributed by atoms with Crippen LogP contribution in [0.3, 0.4) is 0 Å². The number of carbonyl (C=O) groups is 2. The molecule has 0 spiro atoms. The van der Waals surface area contributed by atoms with Crippen molar-refractivity contribution in [3.8, 4) is 0 Å². The number of benzene rings is 2. The van der Waals surface area contributed by atoms with E-state index in [0.717, 1.165) is 18.8 Å². The summed E-state index contributed by atoms with van der Waals surface area (Å²) in [5.41, 5.74) is 2.09. The lowest BCUT2D eigenvalue weighted by Gasteiger charge is -2.22. The number of nitrogens with zero attached hydrogens (tertiary/aromatic N) is 1. The summed E-state index contributed by atoms with van der Waals surface area (Å²) in [6.45, 7) is 5.38. The third kappa shape index (κ3) is 7.30. The van der Waals surface area contributed by atoms with Crippen molar-refractivity contribution in [1.29, 1.82) is 0 Å². The molecule has 1 saturated heterocycles. The van der Waals surface area contributed by atoms with E-state index in [4.69, 9.17) is 0 Å². The summed E-state index contributed by atoms with van der Waals surface area (Å²) in [5, 5.41) is 5.33. The Kier molecular flexibility index (Phi) is 8.46. The Hall–Kier alpha value is -2.91. The van der Waals surface area contributed by atoms with Crippen molar-refractivity contribution in [3.05, 3.63) is 54.1 Å². The Bertz CT molecular complexity index is 1040. The van der Waals surface area contributed by atoms with Crippen LogP contribution in [0.5, 0.6) is 0 Å². The molecule has 3 rings (SSSR count). The van der Waals surface area contributed by atoms with Crippen LogP contribution in [0.2, 0.25) is 0 Å². The van der Waals surface area contributed by atoms with Crippen molar-refractivity contribution in [2.75, 3.05) is 29.9 Å². The van der Waals surface area contributed by atoms with Gasteiger partial charge in [0.15, 0.2) is 0 Å². The van der Waals surface area contributed by atoms with Crippen LogP contribution >= 0.6 is 0 Å². The second kappa shape index (κ2) is 11.3. The lowest BCUT2D eigenvalue weighted by Crippen LogP contribution is -2.33.